The van der Waals surface area contributed by atoms with Crippen LogP contribution in [0, 0.1) is 5.92 Å². The topological polar surface area (TPSA) is 82.7 Å². The Balaban J connectivity index is 1.45. The van der Waals surface area contributed by atoms with Gasteiger partial charge in [0.1, 0.15) is 6.04 Å². The standard InChI is InChI=1S/C27H44N4O3S2/c1-21(2)34-27(33)31-20-36-19-25(31)26(32)30-24(18-35-17-23-11-7-4-8-12-23)16-29-14-13-28-15-22-9-5-3-6-10-22/h3,5-6,9-10,21,23-25,28-29H,4,7-8,11-20H2,1-2H3,(H,30,32)/t24-,25+/m1/s1. The van der Waals surface area contributed by atoms with Gasteiger partial charge in [-0.15, -0.1) is 11.8 Å². The number of ether oxygens (including phenoxy) is 1. The van der Waals surface area contributed by atoms with Crippen molar-refractivity contribution in [1.82, 2.24) is 20.9 Å². The van der Waals surface area contributed by atoms with Crippen LogP contribution in [0.3, 0.4) is 0 Å². The maximum Gasteiger partial charge on any atom is 0.411 e. The minimum absolute atomic E-state index is 0.0220. The van der Waals surface area contributed by atoms with Crippen molar-refractivity contribution >= 4 is 35.5 Å². The second kappa shape index (κ2) is 16.4. The molecule has 7 nitrogen and oxygen atoms in total. The molecule has 202 valence electrons. The van der Waals surface area contributed by atoms with E-state index in [0.29, 0.717) is 18.2 Å². The van der Waals surface area contributed by atoms with E-state index in [9.17, 15) is 9.59 Å². The van der Waals surface area contributed by atoms with Crippen LogP contribution < -0.4 is 16.0 Å². The molecule has 1 saturated heterocycles. The Kier molecular flexibility index (Phi) is 13.3. The van der Waals surface area contributed by atoms with Crippen molar-refractivity contribution in [3.05, 3.63) is 35.9 Å². The molecule has 1 saturated carbocycles. The molecule has 1 aromatic carbocycles. The van der Waals surface area contributed by atoms with E-state index in [1.165, 1.54) is 37.7 Å². The predicted molar refractivity (Wildman–Crippen MR) is 151 cm³/mol. The Bertz CT molecular complexity index is 778. The summed E-state index contributed by atoms with van der Waals surface area (Å²) in [7, 11) is 0. The lowest BCUT2D eigenvalue weighted by atomic mass is 9.91. The molecule has 2 atom stereocenters. The minimum atomic E-state index is -0.473. The number of benzene rings is 1. The summed E-state index contributed by atoms with van der Waals surface area (Å²) in [5.74, 6) is 3.88. The van der Waals surface area contributed by atoms with Gasteiger partial charge in [-0.2, -0.15) is 11.8 Å². The Labute approximate surface area is 225 Å². The van der Waals surface area contributed by atoms with Gasteiger partial charge in [0.15, 0.2) is 0 Å². The lowest BCUT2D eigenvalue weighted by Crippen LogP contribution is -2.53. The molecule has 0 radical (unpaired) electrons. The van der Waals surface area contributed by atoms with Gasteiger partial charge in [0.05, 0.1) is 18.0 Å². The predicted octanol–water partition coefficient (Wildman–Crippen LogP) is 4.08. The number of hydrogen-bond donors (Lipinski definition) is 3. The van der Waals surface area contributed by atoms with E-state index < -0.39 is 12.1 Å². The van der Waals surface area contributed by atoms with Crippen LogP contribution in [0.2, 0.25) is 0 Å². The van der Waals surface area contributed by atoms with E-state index >= 15 is 0 Å². The van der Waals surface area contributed by atoms with Crippen LogP contribution in [0.15, 0.2) is 30.3 Å². The smallest absolute Gasteiger partial charge is 0.411 e. The van der Waals surface area contributed by atoms with Gasteiger partial charge in [0.2, 0.25) is 5.91 Å². The number of nitrogens with zero attached hydrogens (tertiary/aromatic N) is 1. The maximum absolute atomic E-state index is 13.2. The molecule has 0 bridgehead atoms. The second-order valence-electron chi connectivity index (χ2n) is 10.0. The monoisotopic (exact) mass is 536 g/mol. The molecule has 1 aromatic rings. The molecule has 3 rings (SSSR count). The van der Waals surface area contributed by atoms with Crippen molar-refractivity contribution in [1.29, 1.82) is 0 Å². The van der Waals surface area contributed by atoms with E-state index in [0.717, 1.165) is 37.1 Å². The van der Waals surface area contributed by atoms with E-state index in [4.69, 9.17) is 4.74 Å². The zero-order valence-corrected chi connectivity index (χ0v) is 23.5. The van der Waals surface area contributed by atoms with E-state index in [2.05, 4.69) is 40.2 Å². The first kappa shape index (κ1) is 29.1. The van der Waals surface area contributed by atoms with Gasteiger partial charge in [0.25, 0.3) is 0 Å². The molecular weight excluding hydrogens is 492 g/mol. The fourth-order valence-electron chi connectivity index (χ4n) is 4.57. The summed E-state index contributed by atoms with van der Waals surface area (Å²) in [6.45, 7) is 6.91. The molecule has 2 amide bonds. The molecular formula is C27H44N4O3S2. The SMILES string of the molecule is CC(C)OC(=O)N1CSC[C@H]1C(=O)N[C@H](CNCCNCc1ccccc1)CSCC1CCCCC1. The van der Waals surface area contributed by atoms with Crippen molar-refractivity contribution in [2.75, 3.05) is 42.8 Å². The number of thioether (sulfide) groups is 2. The van der Waals surface area contributed by atoms with Gasteiger partial charge in [-0.25, -0.2) is 4.79 Å². The van der Waals surface area contributed by atoms with Crippen LogP contribution in [0.4, 0.5) is 4.79 Å². The fraction of sp³-hybridized carbons (Fsp3) is 0.704. The van der Waals surface area contributed by atoms with Gasteiger partial charge in [-0.1, -0.05) is 49.6 Å². The minimum Gasteiger partial charge on any atom is -0.447 e. The highest BCUT2D eigenvalue weighted by Gasteiger charge is 2.36. The van der Waals surface area contributed by atoms with E-state index in [1.807, 2.05) is 31.7 Å². The van der Waals surface area contributed by atoms with Gasteiger partial charge in [-0.3, -0.25) is 9.69 Å². The highest BCUT2D eigenvalue weighted by molar-refractivity contribution is 7.99. The molecule has 0 unspecified atom stereocenters. The van der Waals surface area contributed by atoms with Gasteiger partial charge in [-0.05, 0) is 43.9 Å². The summed E-state index contributed by atoms with van der Waals surface area (Å²) < 4.78 is 5.36. The van der Waals surface area contributed by atoms with Crippen LogP contribution in [-0.4, -0.2) is 77.9 Å². The molecule has 2 aliphatic rings. The summed E-state index contributed by atoms with van der Waals surface area (Å²) >= 11 is 3.55. The molecule has 9 heteroatoms. The normalized spacial score (nSPS) is 19.4. The second-order valence-corrected chi connectivity index (χ2v) is 12.1. The Morgan fingerprint density at radius 2 is 1.86 bits per heavy atom. The Hall–Kier alpha value is -1.42. The van der Waals surface area contributed by atoms with Crippen molar-refractivity contribution in [3.8, 4) is 0 Å². The molecule has 3 N–H and O–H groups in total. The average molecular weight is 537 g/mol. The number of nitrogens with one attached hydrogen (secondary N) is 3. The first-order valence-corrected chi connectivity index (χ1v) is 15.7. The average Bonchev–Trinajstić information content (AvgIpc) is 3.37. The van der Waals surface area contributed by atoms with Crippen molar-refractivity contribution in [3.63, 3.8) is 0 Å². The zero-order chi connectivity index (χ0) is 25.6. The van der Waals surface area contributed by atoms with Crippen LogP contribution >= 0.6 is 23.5 Å². The third-order valence-corrected chi connectivity index (χ3v) is 8.90. The third-order valence-electron chi connectivity index (χ3n) is 6.54. The van der Waals surface area contributed by atoms with Crippen LogP contribution in [-0.2, 0) is 16.1 Å². The molecule has 1 heterocycles. The first-order chi connectivity index (χ1) is 17.5. The lowest BCUT2D eigenvalue weighted by Gasteiger charge is -2.27. The third kappa shape index (κ3) is 10.5. The van der Waals surface area contributed by atoms with Crippen molar-refractivity contribution in [2.45, 2.75) is 70.7 Å². The van der Waals surface area contributed by atoms with E-state index in [-0.39, 0.29) is 18.1 Å². The van der Waals surface area contributed by atoms with Gasteiger partial charge < -0.3 is 20.7 Å². The number of carbonyl (C=O) groups excluding carboxylic acids is 2. The number of amides is 2. The number of hydrogen-bond acceptors (Lipinski definition) is 7. The summed E-state index contributed by atoms with van der Waals surface area (Å²) in [6, 6.07) is 9.94. The highest BCUT2D eigenvalue weighted by atomic mass is 32.2. The summed E-state index contributed by atoms with van der Waals surface area (Å²) in [5, 5.41) is 10.2. The summed E-state index contributed by atoms with van der Waals surface area (Å²) in [5.41, 5.74) is 1.27. The van der Waals surface area contributed by atoms with Crippen LogP contribution in [0.5, 0.6) is 0 Å². The summed E-state index contributed by atoms with van der Waals surface area (Å²) in [6.07, 6.45) is 6.15. The van der Waals surface area contributed by atoms with Crippen LogP contribution in [0.1, 0.15) is 51.5 Å². The number of carbonyl (C=O) groups is 2. The molecule has 1 aliphatic heterocycles. The molecule has 0 spiro atoms. The maximum atomic E-state index is 13.2. The highest BCUT2D eigenvalue weighted by Crippen LogP contribution is 2.27. The Morgan fingerprint density at radius 1 is 1.11 bits per heavy atom. The first-order valence-electron chi connectivity index (χ1n) is 13.4. The van der Waals surface area contributed by atoms with Crippen LogP contribution in [0.25, 0.3) is 0 Å². The quantitative estimate of drug-likeness (QED) is 0.309. The molecule has 36 heavy (non-hydrogen) atoms. The molecule has 1 aliphatic carbocycles. The number of rotatable bonds is 14. The summed E-state index contributed by atoms with van der Waals surface area (Å²) in [4.78, 5) is 27.2. The largest absolute Gasteiger partial charge is 0.447 e. The molecule has 2 fully saturated rings. The Morgan fingerprint density at radius 3 is 2.61 bits per heavy atom. The zero-order valence-electron chi connectivity index (χ0n) is 21.9. The van der Waals surface area contributed by atoms with Gasteiger partial charge >= 0.3 is 6.09 Å². The van der Waals surface area contributed by atoms with Gasteiger partial charge in [0, 0.05) is 37.7 Å². The van der Waals surface area contributed by atoms with Crippen molar-refractivity contribution < 1.29 is 14.3 Å². The van der Waals surface area contributed by atoms with E-state index in [1.54, 1.807) is 16.7 Å². The van der Waals surface area contributed by atoms with Crippen molar-refractivity contribution in [2.24, 2.45) is 5.92 Å². The molecule has 0 aromatic heterocycles. The fourth-order valence-corrected chi connectivity index (χ4v) is 7.00. The lowest BCUT2D eigenvalue weighted by molar-refractivity contribution is -0.125.